The number of hydrazone groups is 1. The lowest BCUT2D eigenvalue weighted by molar-refractivity contribution is -0.124. The Kier molecular flexibility index (Phi) is 6.54. The van der Waals surface area contributed by atoms with Gasteiger partial charge in [0.15, 0.2) is 0 Å². The maximum atomic E-state index is 11.9. The molecule has 0 aliphatic rings. The van der Waals surface area contributed by atoms with Crippen LogP contribution in [0.2, 0.25) is 5.02 Å². The summed E-state index contributed by atoms with van der Waals surface area (Å²) in [5.41, 5.74) is 4.28. The smallest absolute Gasteiger partial charge is 0.240 e. The first kappa shape index (κ1) is 18.5. The molecule has 0 saturated carbocycles. The average molecular weight is 360 g/mol. The summed E-state index contributed by atoms with van der Waals surface area (Å²) >= 11 is 5.96. The van der Waals surface area contributed by atoms with Gasteiger partial charge >= 0.3 is 0 Å². The summed E-state index contributed by atoms with van der Waals surface area (Å²) in [7, 11) is 0. The second kappa shape index (κ2) is 8.84. The minimum absolute atomic E-state index is 0.00262. The maximum absolute atomic E-state index is 11.9. The molecule has 0 aromatic heterocycles. The Hall–Kier alpha value is -2.86. The second-order valence-electron chi connectivity index (χ2n) is 5.31. The summed E-state index contributed by atoms with van der Waals surface area (Å²) in [6.45, 7) is 1.73. The van der Waals surface area contributed by atoms with E-state index >= 15 is 0 Å². The van der Waals surface area contributed by atoms with Gasteiger partial charge in [0, 0.05) is 12.8 Å². The Morgan fingerprint density at radius 3 is 2.36 bits per heavy atom. The van der Waals surface area contributed by atoms with Gasteiger partial charge in [0.1, 0.15) is 5.75 Å². The third-order valence-electron chi connectivity index (χ3n) is 3.36. The lowest BCUT2D eigenvalue weighted by atomic mass is 10.1. The lowest BCUT2D eigenvalue weighted by Crippen LogP contribution is -2.21. The number of para-hydroxylation sites is 1. The fourth-order valence-electron chi connectivity index (χ4n) is 1.97. The highest BCUT2D eigenvalue weighted by atomic mass is 35.5. The van der Waals surface area contributed by atoms with Gasteiger partial charge in [0.2, 0.25) is 11.8 Å². The van der Waals surface area contributed by atoms with E-state index in [2.05, 4.69) is 15.8 Å². The van der Waals surface area contributed by atoms with Crippen molar-refractivity contribution in [1.82, 2.24) is 5.43 Å². The van der Waals surface area contributed by atoms with Crippen LogP contribution in [0.25, 0.3) is 0 Å². The number of carbonyl (C=O) groups is 2. The molecule has 0 fully saturated rings. The van der Waals surface area contributed by atoms with Crippen LogP contribution in [0, 0.1) is 0 Å². The van der Waals surface area contributed by atoms with Gasteiger partial charge in [-0.3, -0.25) is 9.59 Å². The summed E-state index contributed by atoms with van der Waals surface area (Å²) in [5.74, 6) is -0.514. The summed E-state index contributed by atoms with van der Waals surface area (Å²) < 4.78 is 0. The topological polar surface area (TPSA) is 90.8 Å². The summed E-state index contributed by atoms with van der Waals surface area (Å²) in [5, 5.41) is 16.3. The number of nitrogens with zero attached hydrogens (tertiary/aromatic N) is 1. The van der Waals surface area contributed by atoms with Crippen LogP contribution in [0.3, 0.4) is 0 Å². The molecule has 0 aliphatic carbocycles. The number of benzene rings is 2. The number of hydrogen-bond acceptors (Lipinski definition) is 4. The van der Waals surface area contributed by atoms with Crippen molar-refractivity contribution in [2.24, 2.45) is 5.10 Å². The Balaban J connectivity index is 1.80. The molecule has 2 amide bonds. The molecule has 0 saturated heterocycles. The Morgan fingerprint density at radius 1 is 1.04 bits per heavy atom. The Labute approximate surface area is 150 Å². The molecule has 130 valence electrons. The van der Waals surface area contributed by atoms with E-state index < -0.39 is 0 Å². The van der Waals surface area contributed by atoms with Crippen LogP contribution < -0.4 is 10.7 Å². The van der Waals surface area contributed by atoms with Gasteiger partial charge in [-0.1, -0.05) is 23.7 Å². The highest BCUT2D eigenvalue weighted by Crippen LogP contribution is 2.20. The zero-order chi connectivity index (χ0) is 18.2. The fourth-order valence-corrected chi connectivity index (χ4v) is 2.15. The zero-order valence-electron chi connectivity index (χ0n) is 13.6. The maximum Gasteiger partial charge on any atom is 0.240 e. The van der Waals surface area contributed by atoms with Gasteiger partial charge < -0.3 is 10.4 Å². The number of halogens is 1. The number of anilines is 1. The lowest BCUT2D eigenvalue weighted by Gasteiger charge is -2.06. The van der Waals surface area contributed by atoms with E-state index in [1.165, 1.54) is 12.1 Å². The molecule has 0 unspecified atom stereocenters. The number of phenolic OH excluding ortho intramolecular Hbond substituents is 1. The van der Waals surface area contributed by atoms with E-state index in [4.69, 9.17) is 11.6 Å². The molecule has 0 bridgehead atoms. The van der Waals surface area contributed by atoms with Crippen LogP contribution >= 0.6 is 11.6 Å². The van der Waals surface area contributed by atoms with E-state index in [-0.39, 0.29) is 30.4 Å². The summed E-state index contributed by atoms with van der Waals surface area (Å²) in [6.07, 6.45) is 0.0213. The summed E-state index contributed by atoms with van der Waals surface area (Å²) in [4.78, 5) is 23.6. The van der Waals surface area contributed by atoms with Crippen LogP contribution in [0.5, 0.6) is 5.75 Å². The van der Waals surface area contributed by atoms with Crippen LogP contribution in [0.15, 0.2) is 53.6 Å². The minimum atomic E-state index is -0.368. The van der Waals surface area contributed by atoms with Crippen molar-refractivity contribution in [2.75, 3.05) is 5.32 Å². The Morgan fingerprint density at radius 2 is 1.68 bits per heavy atom. The largest absolute Gasteiger partial charge is 0.508 e. The van der Waals surface area contributed by atoms with E-state index in [1.807, 2.05) is 0 Å². The standard InChI is InChI=1S/C18H18ClN3O3/c1-12(13-6-8-14(23)9-7-13)21-22-18(25)11-10-17(24)20-16-5-3-2-4-15(16)19/h2-9,23H,10-11H2,1H3,(H,20,24)(H,22,25). The van der Waals surface area contributed by atoms with Crippen molar-refractivity contribution in [3.05, 3.63) is 59.1 Å². The van der Waals surface area contributed by atoms with Gasteiger partial charge in [-0.2, -0.15) is 5.10 Å². The van der Waals surface area contributed by atoms with E-state index in [0.717, 1.165) is 5.56 Å². The first-order valence-electron chi connectivity index (χ1n) is 7.62. The van der Waals surface area contributed by atoms with Gasteiger partial charge in [0.05, 0.1) is 16.4 Å². The first-order valence-corrected chi connectivity index (χ1v) is 8.00. The van der Waals surface area contributed by atoms with Crippen molar-refractivity contribution in [3.8, 4) is 5.75 Å². The molecule has 6 nitrogen and oxygen atoms in total. The van der Waals surface area contributed by atoms with E-state index in [0.29, 0.717) is 16.4 Å². The SMILES string of the molecule is CC(=NNC(=O)CCC(=O)Nc1ccccc1Cl)c1ccc(O)cc1. The van der Waals surface area contributed by atoms with E-state index in [9.17, 15) is 14.7 Å². The molecule has 0 radical (unpaired) electrons. The van der Waals surface area contributed by atoms with E-state index in [1.54, 1.807) is 43.3 Å². The molecule has 0 spiro atoms. The second-order valence-corrected chi connectivity index (χ2v) is 5.71. The van der Waals surface area contributed by atoms with Crippen molar-refractivity contribution < 1.29 is 14.7 Å². The average Bonchev–Trinajstić information content (AvgIpc) is 2.60. The zero-order valence-corrected chi connectivity index (χ0v) is 14.4. The highest BCUT2D eigenvalue weighted by molar-refractivity contribution is 6.33. The molecule has 7 heteroatoms. The number of amides is 2. The predicted octanol–water partition coefficient (Wildman–Crippen LogP) is 3.30. The number of aromatic hydroxyl groups is 1. The van der Waals surface area contributed by atoms with Crippen molar-refractivity contribution in [1.29, 1.82) is 0 Å². The van der Waals surface area contributed by atoms with Gasteiger partial charge in [-0.05, 0) is 48.9 Å². The number of rotatable bonds is 6. The van der Waals surface area contributed by atoms with Crippen molar-refractivity contribution >= 4 is 34.8 Å². The first-order chi connectivity index (χ1) is 12.0. The molecular formula is C18H18ClN3O3. The molecule has 2 rings (SSSR count). The molecule has 25 heavy (non-hydrogen) atoms. The van der Waals surface area contributed by atoms with Crippen LogP contribution in [0.1, 0.15) is 25.3 Å². The normalized spacial score (nSPS) is 11.0. The third-order valence-corrected chi connectivity index (χ3v) is 3.69. The Bertz CT molecular complexity index is 788. The molecular weight excluding hydrogens is 342 g/mol. The van der Waals surface area contributed by atoms with Crippen LogP contribution in [0.4, 0.5) is 5.69 Å². The molecule has 3 N–H and O–H groups in total. The molecule has 2 aromatic carbocycles. The molecule has 0 atom stereocenters. The van der Waals surface area contributed by atoms with Gasteiger partial charge in [-0.15, -0.1) is 0 Å². The minimum Gasteiger partial charge on any atom is -0.508 e. The number of carbonyl (C=O) groups excluding carboxylic acids is 2. The number of hydrogen-bond donors (Lipinski definition) is 3. The fraction of sp³-hybridized carbons (Fsp3) is 0.167. The van der Waals surface area contributed by atoms with Gasteiger partial charge in [-0.25, -0.2) is 5.43 Å². The summed E-state index contributed by atoms with van der Waals surface area (Å²) in [6, 6.07) is 13.3. The quantitative estimate of drug-likeness (QED) is 0.546. The molecule has 0 aliphatic heterocycles. The van der Waals surface area contributed by atoms with Gasteiger partial charge in [0.25, 0.3) is 0 Å². The third kappa shape index (κ3) is 5.93. The van der Waals surface area contributed by atoms with Crippen LogP contribution in [-0.4, -0.2) is 22.6 Å². The predicted molar refractivity (Wildman–Crippen MR) is 97.8 cm³/mol. The van der Waals surface area contributed by atoms with Crippen molar-refractivity contribution in [2.45, 2.75) is 19.8 Å². The highest BCUT2D eigenvalue weighted by Gasteiger charge is 2.08. The van der Waals surface area contributed by atoms with Crippen molar-refractivity contribution in [3.63, 3.8) is 0 Å². The number of phenols is 1. The molecule has 0 heterocycles. The number of nitrogens with one attached hydrogen (secondary N) is 2. The molecule has 2 aromatic rings. The monoisotopic (exact) mass is 359 g/mol. The van der Waals surface area contributed by atoms with Crippen LogP contribution in [-0.2, 0) is 9.59 Å².